The standard InChI is InChI=1S/C26H32FN3O3/c1-19-23(26(31)30-13-4-3-5-24(30)28-19)12-16-29-14-10-21(11-15-29)25(33-18-17-32-2)20-6-8-22(27)9-7-20/h3-9,13,21,25H,10-12,14-18H2,1-2H3. The van der Waals surface area contributed by atoms with Gasteiger partial charge in [0.1, 0.15) is 11.5 Å². The zero-order valence-corrected chi connectivity index (χ0v) is 19.4. The van der Waals surface area contributed by atoms with Crippen LogP contribution in [0.25, 0.3) is 5.65 Å². The minimum absolute atomic E-state index is 0.0240. The maximum absolute atomic E-state index is 13.4. The molecule has 3 aromatic rings. The van der Waals surface area contributed by atoms with E-state index in [1.165, 1.54) is 12.1 Å². The van der Waals surface area contributed by atoms with E-state index in [0.717, 1.165) is 49.3 Å². The Balaban J connectivity index is 1.38. The van der Waals surface area contributed by atoms with Gasteiger partial charge in [-0.25, -0.2) is 9.37 Å². The summed E-state index contributed by atoms with van der Waals surface area (Å²) in [6.07, 6.45) is 4.37. The van der Waals surface area contributed by atoms with E-state index in [2.05, 4.69) is 9.88 Å². The maximum Gasteiger partial charge on any atom is 0.261 e. The largest absolute Gasteiger partial charge is 0.382 e. The SMILES string of the molecule is COCCOC(c1ccc(F)cc1)C1CCN(CCc2c(C)nc3ccccn3c2=O)CC1. The van der Waals surface area contributed by atoms with Crippen LogP contribution in [0.1, 0.15) is 35.8 Å². The van der Waals surface area contributed by atoms with Crippen LogP contribution < -0.4 is 5.56 Å². The van der Waals surface area contributed by atoms with Gasteiger partial charge in [0.15, 0.2) is 0 Å². The van der Waals surface area contributed by atoms with E-state index < -0.39 is 0 Å². The molecular formula is C26H32FN3O3. The predicted octanol–water partition coefficient (Wildman–Crippen LogP) is 3.80. The molecule has 1 unspecified atom stereocenters. The van der Waals surface area contributed by atoms with Crippen LogP contribution in [0.15, 0.2) is 53.5 Å². The summed E-state index contributed by atoms with van der Waals surface area (Å²) in [5.41, 5.74) is 3.31. The van der Waals surface area contributed by atoms with Crippen LogP contribution in [0.5, 0.6) is 0 Å². The van der Waals surface area contributed by atoms with E-state index in [4.69, 9.17) is 9.47 Å². The molecule has 0 radical (unpaired) electrons. The van der Waals surface area contributed by atoms with E-state index >= 15 is 0 Å². The smallest absolute Gasteiger partial charge is 0.261 e. The van der Waals surface area contributed by atoms with Crippen molar-refractivity contribution >= 4 is 5.65 Å². The summed E-state index contributed by atoms with van der Waals surface area (Å²) in [5, 5.41) is 0. The molecule has 0 spiro atoms. The average molecular weight is 454 g/mol. The molecule has 1 aliphatic heterocycles. The third-order valence-electron chi connectivity index (χ3n) is 6.56. The second kappa shape index (κ2) is 11.0. The Morgan fingerprint density at radius 1 is 1.12 bits per heavy atom. The van der Waals surface area contributed by atoms with Gasteiger partial charge in [-0.15, -0.1) is 0 Å². The molecule has 33 heavy (non-hydrogen) atoms. The molecule has 0 bridgehead atoms. The van der Waals surface area contributed by atoms with Gasteiger partial charge in [-0.05, 0) is 75.0 Å². The number of halogens is 1. The number of fused-ring (bicyclic) bond motifs is 1. The van der Waals surface area contributed by atoms with Gasteiger partial charge >= 0.3 is 0 Å². The number of aromatic nitrogens is 2. The van der Waals surface area contributed by atoms with E-state index in [-0.39, 0.29) is 17.5 Å². The van der Waals surface area contributed by atoms with E-state index in [0.29, 0.717) is 31.2 Å². The van der Waals surface area contributed by atoms with Crippen molar-refractivity contribution in [3.8, 4) is 0 Å². The van der Waals surface area contributed by atoms with Crippen molar-refractivity contribution < 1.29 is 13.9 Å². The summed E-state index contributed by atoms with van der Waals surface area (Å²) in [5.74, 6) is 0.122. The number of benzene rings is 1. The molecule has 0 saturated carbocycles. The van der Waals surface area contributed by atoms with E-state index in [1.807, 2.05) is 37.3 Å². The molecule has 1 aliphatic rings. The van der Waals surface area contributed by atoms with Gasteiger partial charge in [-0.2, -0.15) is 0 Å². The van der Waals surface area contributed by atoms with Crippen molar-refractivity contribution in [2.24, 2.45) is 5.92 Å². The topological polar surface area (TPSA) is 56.1 Å². The number of hydrogen-bond acceptors (Lipinski definition) is 5. The third kappa shape index (κ3) is 5.66. The quantitative estimate of drug-likeness (QED) is 0.462. The van der Waals surface area contributed by atoms with Gasteiger partial charge < -0.3 is 14.4 Å². The number of aryl methyl sites for hydroxylation is 1. The molecule has 2 aromatic heterocycles. The first-order valence-electron chi connectivity index (χ1n) is 11.6. The van der Waals surface area contributed by atoms with Gasteiger partial charge in [-0.3, -0.25) is 9.20 Å². The minimum Gasteiger partial charge on any atom is -0.382 e. The van der Waals surface area contributed by atoms with Gasteiger partial charge in [0, 0.05) is 31.1 Å². The molecule has 4 rings (SSSR count). The molecular weight excluding hydrogens is 421 g/mol. The van der Waals surface area contributed by atoms with Crippen molar-refractivity contribution in [2.75, 3.05) is 40.0 Å². The summed E-state index contributed by atoms with van der Waals surface area (Å²) in [7, 11) is 1.66. The lowest BCUT2D eigenvalue weighted by Crippen LogP contribution is -2.38. The van der Waals surface area contributed by atoms with Gasteiger partial charge in [0.25, 0.3) is 5.56 Å². The lowest BCUT2D eigenvalue weighted by molar-refractivity contribution is -0.0307. The van der Waals surface area contributed by atoms with Crippen LogP contribution in [0.4, 0.5) is 4.39 Å². The Morgan fingerprint density at radius 2 is 1.88 bits per heavy atom. The highest BCUT2D eigenvalue weighted by atomic mass is 19.1. The summed E-state index contributed by atoms with van der Waals surface area (Å²) < 4.78 is 26.4. The fraction of sp³-hybridized carbons (Fsp3) is 0.462. The van der Waals surface area contributed by atoms with Crippen LogP contribution in [-0.4, -0.2) is 54.2 Å². The monoisotopic (exact) mass is 453 g/mol. The Hall–Kier alpha value is -2.61. The zero-order valence-electron chi connectivity index (χ0n) is 19.4. The second-order valence-electron chi connectivity index (χ2n) is 8.67. The van der Waals surface area contributed by atoms with Crippen molar-refractivity contribution in [3.63, 3.8) is 0 Å². The third-order valence-corrected chi connectivity index (χ3v) is 6.56. The molecule has 0 aliphatic carbocycles. The Bertz CT molecular complexity index is 1110. The van der Waals surface area contributed by atoms with Crippen LogP contribution >= 0.6 is 0 Å². The summed E-state index contributed by atoms with van der Waals surface area (Å²) in [6.45, 7) is 5.67. The van der Waals surface area contributed by atoms with Crippen molar-refractivity contribution in [3.05, 3.63) is 81.7 Å². The van der Waals surface area contributed by atoms with Gasteiger partial charge in [-0.1, -0.05) is 18.2 Å². The number of rotatable bonds is 9. The first kappa shape index (κ1) is 23.5. The first-order chi connectivity index (χ1) is 16.1. The molecule has 176 valence electrons. The highest BCUT2D eigenvalue weighted by molar-refractivity contribution is 5.40. The van der Waals surface area contributed by atoms with E-state index in [9.17, 15) is 9.18 Å². The minimum atomic E-state index is -0.237. The number of pyridine rings is 1. The number of methoxy groups -OCH3 is 1. The molecule has 3 heterocycles. The molecule has 7 heteroatoms. The Morgan fingerprint density at radius 3 is 2.61 bits per heavy atom. The average Bonchev–Trinajstić information content (AvgIpc) is 2.83. The second-order valence-corrected chi connectivity index (χ2v) is 8.67. The number of piperidine rings is 1. The van der Waals surface area contributed by atoms with Crippen LogP contribution in [0, 0.1) is 18.7 Å². The molecule has 0 amide bonds. The number of nitrogens with zero attached hydrogens (tertiary/aromatic N) is 3. The molecule has 1 fully saturated rings. The van der Waals surface area contributed by atoms with Gasteiger partial charge in [0.05, 0.1) is 19.3 Å². The highest BCUT2D eigenvalue weighted by Crippen LogP contribution is 2.34. The molecule has 1 saturated heterocycles. The molecule has 0 N–H and O–H groups in total. The van der Waals surface area contributed by atoms with Crippen LogP contribution in [-0.2, 0) is 15.9 Å². The van der Waals surface area contributed by atoms with Gasteiger partial charge in [0.2, 0.25) is 0 Å². The van der Waals surface area contributed by atoms with E-state index in [1.54, 1.807) is 17.7 Å². The molecule has 1 aromatic carbocycles. The fourth-order valence-corrected chi connectivity index (χ4v) is 4.69. The highest BCUT2D eigenvalue weighted by Gasteiger charge is 2.28. The normalized spacial score (nSPS) is 16.3. The molecule has 6 nitrogen and oxygen atoms in total. The molecule has 1 atom stereocenters. The van der Waals surface area contributed by atoms with Crippen molar-refractivity contribution in [1.29, 1.82) is 0 Å². The first-order valence-corrected chi connectivity index (χ1v) is 11.6. The van der Waals surface area contributed by atoms with Crippen molar-refractivity contribution in [1.82, 2.24) is 14.3 Å². The number of likely N-dealkylation sites (tertiary alicyclic amines) is 1. The zero-order chi connectivity index (χ0) is 23.2. The fourth-order valence-electron chi connectivity index (χ4n) is 4.69. The predicted molar refractivity (Wildman–Crippen MR) is 126 cm³/mol. The Kier molecular flexibility index (Phi) is 7.85. The Labute approximate surface area is 194 Å². The van der Waals surface area contributed by atoms with Crippen LogP contribution in [0.2, 0.25) is 0 Å². The lowest BCUT2D eigenvalue weighted by Gasteiger charge is -2.36. The maximum atomic E-state index is 13.4. The van der Waals surface area contributed by atoms with Crippen molar-refractivity contribution in [2.45, 2.75) is 32.3 Å². The number of ether oxygens (including phenoxy) is 2. The summed E-state index contributed by atoms with van der Waals surface area (Å²) in [6, 6.07) is 12.2. The summed E-state index contributed by atoms with van der Waals surface area (Å²) >= 11 is 0. The number of hydrogen-bond donors (Lipinski definition) is 0. The van der Waals surface area contributed by atoms with Crippen LogP contribution in [0.3, 0.4) is 0 Å². The summed E-state index contributed by atoms with van der Waals surface area (Å²) in [4.78, 5) is 19.9. The lowest BCUT2D eigenvalue weighted by atomic mass is 9.87.